The van der Waals surface area contributed by atoms with Crippen molar-refractivity contribution in [2.75, 3.05) is 34.1 Å². The molecule has 0 atom stereocenters. The highest BCUT2D eigenvalue weighted by molar-refractivity contribution is 5.77. The van der Waals surface area contributed by atoms with Crippen LogP contribution in [0.25, 0.3) is 0 Å². The molecule has 0 spiro atoms. The number of esters is 2. The quantitative estimate of drug-likeness (QED) is 0.0411. The van der Waals surface area contributed by atoms with E-state index in [1.807, 2.05) is 14.1 Å². The maximum atomic E-state index is 12.9. The number of rotatable bonds is 33. The minimum Gasteiger partial charge on any atom is -0.444 e. The fourth-order valence-corrected chi connectivity index (χ4v) is 5.35. The smallest absolute Gasteiger partial charge is 0.307 e. The van der Waals surface area contributed by atoms with Crippen molar-refractivity contribution in [3.8, 4) is 0 Å². The van der Waals surface area contributed by atoms with Crippen LogP contribution in [0.5, 0.6) is 0 Å². The Morgan fingerprint density at radius 3 is 1.09 bits per heavy atom. The predicted molar refractivity (Wildman–Crippen MR) is 183 cm³/mol. The van der Waals surface area contributed by atoms with E-state index in [9.17, 15) is 14.4 Å². The van der Waals surface area contributed by atoms with Gasteiger partial charge in [-0.1, -0.05) is 142 Å². The van der Waals surface area contributed by atoms with Gasteiger partial charge in [-0.15, -0.1) is 0 Å². The summed E-state index contributed by atoms with van der Waals surface area (Å²) in [6.07, 6.45) is 29.7. The molecule has 0 unspecified atom stereocenters. The zero-order valence-corrected chi connectivity index (χ0v) is 29.6. The predicted octanol–water partition coefficient (Wildman–Crippen LogP) is 9.95. The lowest BCUT2D eigenvalue weighted by molar-refractivity contribution is -0.163. The molecule has 7 heteroatoms. The first kappa shape index (κ1) is 42.4. The van der Waals surface area contributed by atoms with Crippen LogP contribution in [0.1, 0.15) is 187 Å². The highest BCUT2D eigenvalue weighted by Crippen LogP contribution is 2.14. The lowest BCUT2D eigenvalue weighted by atomic mass is 10.1. The van der Waals surface area contributed by atoms with Crippen molar-refractivity contribution in [2.45, 2.75) is 187 Å². The van der Waals surface area contributed by atoms with Crippen LogP contribution in [-0.4, -0.2) is 61.7 Å². The molecule has 44 heavy (non-hydrogen) atoms. The van der Waals surface area contributed by atoms with E-state index in [2.05, 4.69) is 18.7 Å². The number of amides is 1. The molecule has 0 heterocycles. The van der Waals surface area contributed by atoms with Crippen LogP contribution in [0.15, 0.2) is 0 Å². The molecule has 0 aromatic rings. The summed E-state index contributed by atoms with van der Waals surface area (Å²) in [5.41, 5.74) is 0. The van der Waals surface area contributed by atoms with Gasteiger partial charge in [0.05, 0.1) is 0 Å². The molecule has 0 N–H and O–H groups in total. The summed E-state index contributed by atoms with van der Waals surface area (Å²) < 4.78 is 10.9. The van der Waals surface area contributed by atoms with Crippen molar-refractivity contribution >= 4 is 17.8 Å². The maximum absolute atomic E-state index is 12.9. The molecule has 1 amide bonds. The van der Waals surface area contributed by atoms with E-state index in [0.717, 1.165) is 57.9 Å². The van der Waals surface area contributed by atoms with Gasteiger partial charge in [-0.05, 0) is 46.3 Å². The monoisotopic (exact) mass is 625 g/mol. The average molecular weight is 625 g/mol. The molecule has 0 aliphatic carbocycles. The zero-order chi connectivity index (χ0) is 32.5. The molecule has 0 bridgehead atoms. The number of nitrogens with zero attached hydrogens (tertiary/aromatic N) is 2. The molecule has 0 rings (SSSR count). The number of hydrogen-bond acceptors (Lipinski definition) is 6. The Morgan fingerprint density at radius 2 is 0.750 bits per heavy atom. The van der Waals surface area contributed by atoms with Crippen LogP contribution in [0.3, 0.4) is 0 Å². The summed E-state index contributed by atoms with van der Waals surface area (Å²) in [5, 5.41) is 0. The first-order chi connectivity index (χ1) is 21.4. The lowest BCUT2D eigenvalue weighted by Crippen LogP contribution is -2.37. The number of carbonyl (C=O) groups excluding carboxylic acids is 3. The molecule has 0 saturated heterocycles. The van der Waals surface area contributed by atoms with E-state index < -0.39 is 0 Å². The first-order valence-electron chi connectivity index (χ1n) is 18.6. The second kappa shape index (κ2) is 32.8. The van der Waals surface area contributed by atoms with Crippen molar-refractivity contribution in [3.63, 3.8) is 0 Å². The van der Waals surface area contributed by atoms with Gasteiger partial charge in [0.25, 0.3) is 0 Å². The average Bonchev–Trinajstić information content (AvgIpc) is 3.00. The topological polar surface area (TPSA) is 76.1 Å². The van der Waals surface area contributed by atoms with E-state index in [0.29, 0.717) is 19.3 Å². The summed E-state index contributed by atoms with van der Waals surface area (Å²) in [4.78, 5) is 41.0. The lowest BCUT2D eigenvalue weighted by Gasteiger charge is -2.22. The molecule has 0 aliphatic heterocycles. The van der Waals surface area contributed by atoms with E-state index in [4.69, 9.17) is 9.47 Å². The van der Waals surface area contributed by atoms with Gasteiger partial charge in [0.1, 0.15) is 0 Å². The Bertz CT molecular complexity index is 628. The van der Waals surface area contributed by atoms with E-state index >= 15 is 0 Å². The summed E-state index contributed by atoms with van der Waals surface area (Å²) in [7, 11) is 4.02. The molecule has 0 aliphatic rings. The molecule has 0 aromatic heterocycles. The number of hydrogen-bond donors (Lipinski definition) is 0. The Labute approximate surface area is 272 Å². The molecule has 260 valence electrons. The van der Waals surface area contributed by atoms with Crippen LogP contribution in [0, 0.1) is 0 Å². The SMILES string of the molecule is CCCCCCCCCCCCCC(=O)OCN(COC(=O)CCCCCCCCCCCCC)C(=O)CCCCN(C)C. The van der Waals surface area contributed by atoms with E-state index in [1.54, 1.807) is 0 Å². The number of carbonyl (C=O) groups is 3. The van der Waals surface area contributed by atoms with E-state index in [-0.39, 0.29) is 31.3 Å². The largest absolute Gasteiger partial charge is 0.444 e. The van der Waals surface area contributed by atoms with Crippen LogP contribution >= 0.6 is 0 Å². The summed E-state index contributed by atoms with van der Waals surface area (Å²) in [6.45, 7) is 5.09. The number of ether oxygens (including phenoxy) is 2. The van der Waals surface area contributed by atoms with Crippen molar-refractivity contribution in [1.29, 1.82) is 0 Å². The Kier molecular flexibility index (Phi) is 31.5. The highest BCUT2D eigenvalue weighted by atomic mass is 16.6. The van der Waals surface area contributed by atoms with Crippen LogP contribution < -0.4 is 0 Å². The van der Waals surface area contributed by atoms with Gasteiger partial charge >= 0.3 is 11.9 Å². The second-order valence-electron chi connectivity index (χ2n) is 13.1. The molecule has 0 radical (unpaired) electrons. The molecular weight excluding hydrogens is 552 g/mol. The minimum atomic E-state index is -0.293. The molecule has 0 aromatic carbocycles. The normalized spacial score (nSPS) is 11.2. The van der Waals surface area contributed by atoms with Gasteiger partial charge in [0, 0.05) is 19.3 Å². The Hall–Kier alpha value is -1.63. The Balaban J connectivity index is 4.21. The highest BCUT2D eigenvalue weighted by Gasteiger charge is 2.17. The third-order valence-corrected chi connectivity index (χ3v) is 8.33. The first-order valence-corrected chi connectivity index (χ1v) is 18.6. The molecule has 0 fully saturated rings. The van der Waals surface area contributed by atoms with Gasteiger partial charge < -0.3 is 14.4 Å². The van der Waals surface area contributed by atoms with Crippen molar-refractivity contribution in [1.82, 2.24) is 9.80 Å². The van der Waals surface area contributed by atoms with Crippen LogP contribution in [0.2, 0.25) is 0 Å². The third-order valence-electron chi connectivity index (χ3n) is 8.33. The fourth-order valence-electron chi connectivity index (χ4n) is 5.35. The van der Waals surface area contributed by atoms with Gasteiger partial charge in [-0.25, -0.2) is 0 Å². The maximum Gasteiger partial charge on any atom is 0.307 e. The summed E-state index contributed by atoms with van der Waals surface area (Å²) in [6, 6.07) is 0. The fraction of sp³-hybridized carbons (Fsp3) is 0.919. The van der Waals surface area contributed by atoms with Crippen LogP contribution in [0.4, 0.5) is 0 Å². The van der Waals surface area contributed by atoms with E-state index in [1.165, 1.54) is 108 Å². The van der Waals surface area contributed by atoms with Crippen molar-refractivity contribution in [2.24, 2.45) is 0 Å². The van der Waals surface area contributed by atoms with Crippen LogP contribution in [-0.2, 0) is 23.9 Å². The van der Waals surface area contributed by atoms with Gasteiger partial charge in [-0.2, -0.15) is 0 Å². The number of unbranched alkanes of at least 4 members (excludes halogenated alkanes) is 21. The second-order valence-corrected chi connectivity index (χ2v) is 13.1. The van der Waals surface area contributed by atoms with Gasteiger partial charge in [-0.3, -0.25) is 19.3 Å². The van der Waals surface area contributed by atoms with Gasteiger partial charge in [0.15, 0.2) is 13.5 Å². The molecular formula is C37H72N2O5. The zero-order valence-electron chi connectivity index (χ0n) is 29.6. The standard InChI is InChI=1S/C37H72N2O5/c1-5-7-9-11-13-15-17-19-21-23-25-30-36(41)43-33-39(35(40)29-27-28-32-38(3)4)34-44-37(42)31-26-24-22-20-18-16-14-12-10-8-6-2/h5-34H2,1-4H3. The Morgan fingerprint density at radius 1 is 0.432 bits per heavy atom. The molecule has 0 saturated carbocycles. The van der Waals surface area contributed by atoms with Crippen molar-refractivity contribution in [3.05, 3.63) is 0 Å². The van der Waals surface area contributed by atoms with Crippen molar-refractivity contribution < 1.29 is 23.9 Å². The third kappa shape index (κ3) is 30.4. The molecule has 7 nitrogen and oxygen atoms in total. The summed E-state index contributed by atoms with van der Waals surface area (Å²) >= 11 is 0. The van der Waals surface area contributed by atoms with Gasteiger partial charge in [0.2, 0.25) is 5.91 Å². The summed E-state index contributed by atoms with van der Waals surface area (Å²) in [5.74, 6) is -0.731. The minimum absolute atomic E-state index is 0.145.